The monoisotopic (exact) mass is 443 g/mol. The third-order valence-electron chi connectivity index (χ3n) is 5.07. The predicted octanol–water partition coefficient (Wildman–Crippen LogP) is 3.67. The van der Waals surface area contributed by atoms with Gasteiger partial charge in [0.15, 0.2) is 0 Å². The summed E-state index contributed by atoms with van der Waals surface area (Å²) >= 11 is 0. The fourth-order valence-corrected chi connectivity index (χ4v) is 3.52. The van der Waals surface area contributed by atoms with Gasteiger partial charge in [-0.15, -0.1) is 12.4 Å². The topological polar surface area (TPSA) is 106 Å². The summed E-state index contributed by atoms with van der Waals surface area (Å²) in [5.74, 6) is 1.37. The lowest BCUT2D eigenvalue weighted by Gasteiger charge is -2.20. The van der Waals surface area contributed by atoms with E-state index >= 15 is 0 Å². The molecule has 2 aromatic rings. The van der Waals surface area contributed by atoms with Crippen molar-refractivity contribution in [1.29, 1.82) is 5.26 Å². The van der Waals surface area contributed by atoms with E-state index in [1.165, 1.54) is 0 Å². The second-order valence-electron chi connectivity index (χ2n) is 7.49. The van der Waals surface area contributed by atoms with Crippen molar-refractivity contribution >= 4 is 35.9 Å². The molecule has 0 saturated carbocycles. The smallest absolute Gasteiger partial charge is 0.315 e. The number of halogens is 1. The molecule has 3 rings (SSSR count). The first kappa shape index (κ1) is 24.2. The minimum absolute atomic E-state index is 0. The van der Waals surface area contributed by atoms with Gasteiger partial charge >= 0.3 is 6.03 Å². The number of anilines is 3. The van der Waals surface area contributed by atoms with E-state index in [1.54, 1.807) is 0 Å². The summed E-state index contributed by atoms with van der Waals surface area (Å²) in [6.45, 7) is 8.08. The number of nitrogens with zero attached hydrogens (tertiary/aromatic N) is 4. The highest BCUT2D eigenvalue weighted by Crippen LogP contribution is 2.24. The first-order chi connectivity index (χ1) is 14.5. The molecule has 0 bridgehead atoms. The van der Waals surface area contributed by atoms with Crippen molar-refractivity contribution in [3.8, 4) is 6.07 Å². The quantitative estimate of drug-likeness (QED) is 0.602. The van der Waals surface area contributed by atoms with Crippen LogP contribution < -0.4 is 20.9 Å². The maximum absolute atomic E-state index is 11.8. The van der Waals surface area contributed by atoms with Crippen molar-refractivity contribution < 1.29 is 4.79 Å². The van der Waals surface area contributed by atoms with E-state index in [4.69, 9.17) is 4.98 Å². The first-order valence-corrected chi connectivity index (χ1v) is 10.5. The van der Waals surface area contributed by atoms with Gasteiger partial charge in [-0.1, -0.05) is 19.4 Å². The second-order valence-corrected chi connectivity index (χ2v) is 7.49. The molecule has 1 fully saturated rings. The Labute approximate surface area is 189 Å². The van der Waals surface area contributed by atoms with Crippen LogP contribution in [0.5, 0.6) is 0 Å². The molecule has 1 saturated heterocycles. The number of hydrogen-bond donors (Lipinski definition) is 3. The van der Waals surface area contributed by atoms with E-state index in [-0.39, 0.29) is 24.5 Å². The number of urea groups is 1. The lowest BCUT2D eigenvalue weighted by Crippen LogP contribution is -2.43. The van der Waals surface area contributed by atoms with Crippen LogP contribution in [0.4, 0.5) is 22.2 Å². The lowest BCUT2D eigenvalue weighted by atomic mass is 10.1. The van der Waals surface area contributed by atoms with Crippen LogP contribution in [0.25, 0.3) is 0 Å². The molecule has 1 atom stereocenters. The number of nitriles is 1. The third-order valence-corrected chi connectivity index (χ3v) is 5.07. The van der Waals surface area contributed by atoms with E-state index in [1.807, 2.05) is 38.1 Å². The molecule has 8 nitrogen and oxygen atoms in total. The van der Waals surface area contributed by atoms with Gasteiger partial charge < -0.3 is 20.9 Å². The average Bonchev–Trinajstić information content (AvgIpc) is 3.18. The van der Waals surface area contributed by atoms with E-state index in [0.717, 1.165) is 48.6 Å². The van der Waals surface area contributed by atoms with Crippen molar-refractivity contribution in [2.24, 2.45) is 0 Å². The summed E-state index contributed by atoms with van der Waals surface area (Å²) in [5.41, 5.74) is 3.32. The molecule has 1 aromatic carbocycles. The molecular weight excluding hydrogens is 414 g/mol. The number of carbonyl (C=O) groups excluding carboxylic acids is 1. The van der Waals surface area contributed by atoms with E-state index in [0.29, 0.717) is 24.6 Å². The zero-order valence-corrected chi connectivity index (χ0v) is 19.1. The molecule has 1 aliphatic heterocycles. The van der Waals surface area contributed by atoms with Crippen LogP contribution in [0.1, 0.15) is 43.5 Å². The summed E-state index contributed by atoms with van der Waals surface area (Å²) in [6.07, 6.45) is 2.72. The van der Waals surface area contributed by atoms with Gasteiger partial charge in [-0.2, -0.15) is 10.2 Å². The van der Waals surface area contributed by atoms with E-state index in [2.05, 4.69) is 38.8 Å². The van der Waals surface area contributed by atoms with Gasteiger partial charge in [0.1, 0.15) is 5.82 Å². The fourth-order valence-electron chi connectivity index (χ4n) is 3.52. The Morgan fingerprint density at radius 3 is 2.81 bits per heavy atom. The minimum Gasteiger partial charge on any atom is -0.354 e. The number of aromatic nitrogens is 2. The molecule has 2 amide bonds. The zero-order chi connectivity index (χ0) is 21.5. The molecule has 1 aromatic heterocycles. The van der Waals surface area contributed by atoms with Crippen LogP contribution in [0.3, 0.4) is 0 Å². The molecule has 31 heavy (non-hydrogen) atoms. The molecule has 3 N–H and O–H groups in total. The Morgan fingerprint density at radius 2 is 2.10 bits per heavy atom. The Kier molecular flexibility index (Phi) is 8.88. The minimum atomic E-state index is -0.131. The number of amides is 2. The van der Waals surface area contributed by atoms with Gasteiger partial charge in [-0.05, 0) is 44.4 Å². The van der Waals surface area contributed by atoms with Gasteiger partial charge in [-0.25, -0.2) is 9.78 Å². The predicted molar refractivity (Wildman–Crippen MR) is 125 cm³/mol. The van der Waals surface area contributed by atoms with Crippen LogP contribution in [0, 0.1) is 18.3 Å². The van der Waals surface area contributed by atoms with Crippen LogP contribution in [-0.4, -0.2) is 41.7 Å². The molecule has 0 aliphatic carbocycles. The molecule has 1 aliphatic rings. The number of carbonyl (C=O) groups is 1. The highest BCUT2D eigenvalue weighted by molar-refractivity contribution is 5.85. The maximum atomic E-state index is 11.8. The van der Waals surface area contributed by atoms with Crippen LogP contribution in [0.2, 0.25) is 0 Å². The van der Waals surface area contributed by atoms with Gasteiger partial charge in [0.2, 0.25) is 5.95 Å². The van der Waals surface area contributed by atoms with Crippen molar-refractivity contribution in [3.63, 3.8) is 0 Å². The standard InChI is InChI=1S/C22H29N7O.ClH/c1-4-6-17-12-20(29-10-9-19(14-29)27-22(30)24-5-2)28-21(25-17)26-18-8-7-15(3)16(11-18)13-23;/h7-8,11-12,19H,4-6,9-10,14H2,1-3H3,(H2,24,27,30)(H,25,26,28);1H. The Bertz CT molecular complexity index is 944. The van der Waals surface area contributed by atoms with Crippen molar-refractivity contribution in [3.05, 3.63) is 41.1 Å². The Morgan fingerprint density at radius 1 is 1.29 bits per heavy atom. The van der Waals surface area contributed by atoms with E-state index < -0.39 is 0 Å². The summed E-state index contributed by atoms with van der Waals surface area (Å²) in [6, 6.07) is 9.85. The third kappa shape index (κ3) is 6.46. The number of rotatable bonds is 7. The van der Waals surface area contributed by atoms with Crippen molar-refractivity contribution in [2.45, 2.75) is 46.1 Å². The highest BCUT2D eigenvalue weighted by atomic mass is 35.5. The van der Waals surface area contributed by atoms with Gasteiger partial charge in [0.05, 0.1) is 11.6 Å². The van der Waals surface area contributed by atoms with Crippen LogP contribution in [-0.2, 0) is 6.42 Å². The maximum Gasteiger partial charge on any atom is 0.315 e. The van der Waals surface area contributed by atoms with Gasteiger partial charge in [-0.3, -0.25) is 0 Å². The Balaban J connectivity index is 0.00000341. The van der Waals surface area contributed by atoms with Gasteiger partial charge in [0.25, 0.3) is 0 Å². The van der Waals surface area contributed by atoms with Crippen molar-refractivity contribution in [2.75, 3.05) is 29.9 Å². The number of aryl methyl sites for hydroxylation is 2. The molecule has 9 heteroatoms. The average molecular weight is 444 g/mol. The summed E-state index contributed by atoms with van der Waals surface area (Å²) in [5, 5.41) is 18.3. The molecule has 1 unspecified atom stereocenters. The van der Waals surface area contributed by atoms with Gasteiger partial charge in [0, 0.05) is 43.1 Å². The molecule has 0 radical (unpaired) electrons. The van der Waals surface area contributed by atoms with Crippen LogP contribution in [0.15, 0.2) is 24.3 Å². The molecule has 166 valence electrons. The number of benzene rings is 1. The summed E-state index contributed by atoms with van der Waals surface area (Å²) in [4.78, 5) is 23.4. The SMILES string of the molecule is CCCc1cc(N2CCC(NC(=O)NCC)C2)nc(Nc2ccc(C)c(C#N)c2)n1.Cl. The fraction of sp³-hybridized carbons (Fsp3) is 0.455. The highest BCUT2D eigenvalue weighted by Gasteiger charge is 2.25. The lowest BCUT2D eigenvalue weighted by molar-refractivity contribution is 0.238. The molecular formula is C22H30ClN7O. The van der Waals surface area contributed by atoms with Crippen LogP contribution >= 0.6 is 12.4 Å². The normalized spacial score (nSPS) is 15.0. The molecule has 2 heterocycles. The largest absolute Gasteiger partial charge is 0.354 e. The first-order valence-electron chi connectivity index (χ1n) is 10.5. The molecule has 0 spiro atoms. The zero-order valence-electron chi connectivity index (χ0n) is 18.2. The summed E-state index contributed by atoms with van der Waals surface area (Å²) in [7, 11) is 0. The van der Waals surface area contributed by atoms with E-state index in [9.17, 15) is 10.1 Å². The number of hydrogen-bond acceptors (Lipinski definition) is 6. The Hall–Kier alpha value is -3.05. The number of nitrogens with one attached hydrogen (secondary N) is 3. The second kappa shape index (κ2) is 11.4. The summed E-state index contributed by atoms with van der Waals surface area (Å²) < 4.78 is 0. The van der Waals surface area contributed by atoms with Crippen molar-refractivity contribution in [1.82, 2.24) is 20.6 Å².